The van der Waals surface area contributed by atoms with E-state index in [1.54, 1.807) is 66.7 Å². The van der Waals surface area contributed by atoms with Crippen molar-refractivity contribution in [3.05, 3.63) is 83.9 Å². The van der Waals surface area contributed by atoms with Crippen LogP contribution in [0.15, 0.2) is 72.8 Å². The average molecular weight is 400 g/mol. The van der Waals surface area contributed by atoms with Crippen LogP contribution in [0.5, 0.6) is 11.5 Å². The summed E-state index contributed by atoms with van der Waals surface area (Å²) in [4.78, 5) is 38.5. The van der Waals surface area contributed by atoms with Crippen molar-refractivity contribution in [1.29, 1.82) is 0 Å². The van der Waals surface area contributed by atoms with Crippen LogP contribution in [-0.4, -0.2) is 17.7 Å². The van der Waals surface area contributed by atoms with Gasteiger partial charge >= 0.3 is 0 Å². The van der Waals surface area contributed by atoms with Crippen molar-refractivity contribution in [2.24, 2.45) is 0 Å². The number of fused-ring (bicyclic) bond motifs is 1. The molecule has 1 N–H and O–H groups in total. The van der Waals surface area contributed by atoms with Gasteiger partial charge in [0.25, 0.3) is 11.8 Å². The first-order chi connectivity index (χ1) is 14.6. The molecule has 1 aliphatic rings. The van der Waals surface area contributed by atoms with Crippen LogP contribution in [0.2, 0.25) is 0 Å². The molecule has 150 valence electrons. The van der Waals surface area contributed by atoms with Gasteiger partial charge in [-0.2, -0.15) is 0 Å². The number of amides is 3. The van der Waals surface area contributed by atoms with E-state index in [2.05, 4.69) is 5.32 Å². The number of hydrogen-bond acceptors (Lipinski definition) is 4. The Bertz CT molecular complexity index is 1130. The van der Waals surface area contributed by atoms with E-state index in [1.807, 2.05) is 13.0 Å². The van der Waals surface area contributed by atoms with Crippen molar-refractivity contribution < 1.29 is 19.1 Å². The summed E-state index contributed by atoms with van der Waals surface area (Å²) in [5.41, 5.74) is 1.81. The summed E-state index contributed by atoms with van der Waals surface area (Å²) < 4.78 is 5.88. The summed E-state index contributed by atoms with van der Waals surface area (Å²) in [7, 11) is 0. The molecule has 1 heterocycles. The third-order valence-electron chi connectivity index (χ3n) is 4.70. The summed E-state index contributed by atoms with van der Waals surface area (Å²) in [6.45, 7) is 1.94. The minimum absolute atomic E-state index is 0.0581. The van der Waals surface area contributed by atoms with Gasteiger partial charge in [0.15, 0.2) is 0 Å². The molecular formula is C24H20N2O4. The Morgan fingerprint density at radius 1 is 0.867 bits per heavy atom. The Morgan fingerprint density at radius 2 is 1.60 bits per heavy atom. The molecule has 3 aromatic rings. The van der Waals surface area contributed by atoms with Gasteiger partial charge < -0.3 is 10.1 Å². The van der Waals surface area contributed by atoms with Crippen molar-refractivity contribution in [2.45, 2.75) is 19.8 Å². The number of nitrogens with zero attached hydrogens (tertiary/aromatic N) is 1. The number of para-hydroxylation sites is 1. The molecule has 0 bridgehead atoms. The number of anilines is 2. The number of nitrogens with one attached hydrogen (secondary N) is 1. The number of imide groups is 1. The second-order valence-electron chi connectivity index (χ2n) is 6.92. The van der Waals surface area contributed by atoms with Crippen LogP contribution in [0.1, 0.15) is 40.5 Å². The highest BCUT2D eigenvalue weighted by molar-refractivity contribution is 6.34. The Morgan fingerprint density at radius 3 is 2.37 bits per heavy atom. The lowest BCUT2D eigenvalue weighted by atomic mass is 10.1. The molecule has 3 aromatic carbocycles. The fourth-order valence-electron chi connectivity index (χ4n) is 3.32. The second kappa shape index (κ2) is 8.21. The molecule has 1 aliphatic heterocycles. The van der Waals surface area contributed by atoms with Gasteiger partial charge in [-0.15, -0.1) is 0 Å². The number of ether oxygens (including phenoxy) is 1. The van der Waals surface area contributed by atoms with E-state index >= 15 is 0 Å². The van der Waals surface area contributed by atoms with Gasteiger partial charge in [0.1, 0.15) is 11.5 Å². The molecule has 0 saturated carbocycles. The summed E-state index contributed by atoms with van der Waals surface area (Å²) in [6, 6.07) is 20.7. The molecule has 4 rings (SSSR count). The van der Waals surface area contributed by atoms with Crippen LogP contribution < -0.4 is 15.0 Å². The molecule has 0 atom stereocenters. The Labute approximate surface area is 174 Å². The minimum Gasteiger partial charge on any atom is -0.457 e. The van der Waals surface area contributed by atoms with Gasteiger partial charge in [-0.05, 0) is 48.9 Å². The number of carbonyl (C=O) groups is 3. The van der Waals surface area contributed by atoms with Crippen LogP contribution in [0.25, 0.3) is 0 Å². The molecule has 6 heteroatoms. The third kappa shape index (κ3) is 3.80. The number of benzene rings is 3. The summed E-state index contributed by atoms with van der Waals surface area (Å²) in [5.74, 6) is 0.153. The van der Waals surface area contributed by atoms with Gasteiger partial charge in [-0.1, -0.05) is 31.2 Å². The molecule has 0 aliphatic carbocycles. The van der Waals surface area contributed by atoms with E-state index in [4.69, 9.17) is 4.74 Å². The zero-order chi connectivity index (χ0) is 21.1. The van der Waals surface area contributed by atoms with Gasteiger partial charge in [-0.25, -0.2) is 4.90 Å². The highest BCUT2D eigenvalue weighted by atomic mass is 16.5. The highest BCUT2D eigenvalue weighted by Gasteiger charge is 2.36. The number of carbonyl (C=O) groups excluding carboxylic acids is 3. The second-order valence-corrected chi connectivity index (χ2v) is 6.92. The molecule has 6 nitrogen and oxygen atoms in total. The first-order valence-electron chi connectivity index (χ1n) is 9.72. The van der Waals surface area contributed by atoms with Crippen LogP contribution >= 0.6 is 0 Å². The largest absolute Gasteiger partial charge is 0.457 e. The Kier molecular flexibility index (Phi) is 5.30. The maximum Gasteiger partial charge on any atom is 0.266 e. The fraction of sp³-hybridized carbons (Fsp3) is 0.125. The quantitative estimate of drug-likeness (QED) is 0.590. The van der Waals surface area contributed by atoms with Gasteiger partial charge in [0.05, 0.1) is 16.8 Å². The molecule has 0 spiro atoms. The van der Waals surface area contributed by atoms with E-state index in [9.17, 15) is 14.4 Å². The fourth-order valence-corrected chi connectivity index (χ4v) is 3.32. The van der Waals surface area contributed by atoms with Crippen molar-refractivity contribution in [2.75, 3.05) is 10.2 Å². The topological polar surface area (TPSA) is 75.7 Å². The van der Waals surface area contributed by atoms with Crippen LogP contribution in [-0.2, 0) is 4.79 Å². The van der Waals surface area contributed by atoms with Gasteiger partial charge in [0, 0.05) is 18.2 Å². The lowest BCUT2D eigenvalue weighted by Crippen LogP contribution is -2.29. The average Bonchev–Trinajstić information content (AvgIpc) is 2.99. The highest BCUT2D eigenvalue weighted by Crippen LogP contribution is 2.32. The van der Waals surface area contributed by atoms with E-state index in [0.717, 1.165) is 6.42 Å². The molecule has 30 heavy (non-hydrogen) atoms. The van der Waals surface area contributed by atoms with Crippen molar-refractivity contribution >= 4 is 29.1 Å². The normalized spacial score (nSPS) is 12.6. The predicted molar refractivity (Wildman–Crippen MR) is 114 cm³/mol. The maximum absolute atomic E-state index is 12.9. The van der Waals surface area contributed by atoms with Crippen LogP contribution in [0.4, 0.5) is 11.4 Å². The number of rotatable bonds is 6. The Balaban J connectivity index is 1.56. The molecule has 3 amide bonds. The van der Waals surface area contributed by atoms with Gasteiger partial charge in [0.2, 0.25) is 5.91 Å². The SMILES string of the molecule is CCCC(=O)Nc1cccc(Oc2ccc3c(c2)C(=O)N(c2ccccc2)C3=O)c1. The summed E-state index contributed by atoms with van der Waals surface area (Å²) >= 11 is 0. The van der Waals surface area contributed by atoms with Crippen LogP contribution in [0, 0.1) is 0 Å². The summed E-state index contributed by atoms with van der Waals surface area (Å²) in [5, 5.41) is 2.82. The van der Waals surface area contributed by atoms with Crippen molar-refractivity contribution in [3.8, 4) is 11.5 Å². The first kappa shape index (κ1) is 19.4. The predicted octanol–water partition coefficient (Wildman–Crippen LogP) is 5.02. The van der Waals surface area contributed by atoms with Gasteiger partial charge in [-0.3, -0.25) is 14.4 Å². The molecule has 0 fully saturated rings. The first-order valence-corrected chi connectivity index (χ1v) is 9.72. The van der Waals surface area contributed by atoms with Crippen LogP contribution in [0.3, 0.4) is 0 Å². The molecule has 0 saturated heterocycles. The number of hydrogen-bond donors (Lipinski definition) is 1. The molecular weight excluding hydrogens is 380 g/mol. The van der Waals surface area contributed by atoms with Crippen molar-refractivity contribution in [3.63, 3.8) is 0 Å². The standard InChI is InChI=1S/C24H20N2O4/c1-2-7-22(27)25-16-8-6-11-18(14-16)30-19-12-13-20-21(15-19)24(29)26(23(20)28)17-9-4-3-5-10-17/h3-6,8-15H,2,7H2,1H3,(H,25,27). The minimum atomic E-state index is -0.382. The zero-order valence-corrected chi connectivity index (χ0v) is 16.4. The van der Waals surface area contributed by atoms with E-state index in [-0.39, 0.29) is 17.7 Å². The smallest absolute Gasteiger partial charge is 0.266 e. The summed E-state index contributed by atoms with van der Waals surface area (Å²) in [6.07, 6.45) is 1.22. The zero-order valence-electron chi connectivity index (χ0n) is 16.4. The molecule has 0 radical (unpaired) electrons. The third-order valence-corrected chi connectivity index (χ3v) is 4.70. The lowest BCUT2D eigenvalue weighted by Gasteiger charge is -2.13. The molecule has 0 unspecified atom stereocenters. The maximum atomic E-state index is 12.9. The van der Waals surface area contributed by atoms with E-state index in [0.29, 0.717) is 40.4 Å². The van der Waals surface area contributed by atoms with E-state index < -0.39 is 0 Å². The lowest BCUT2D eigenvalue weighted by molar-refractivity contribution is -0.116. The monoisotopic (exact) mass is 400 g/mol. The van der Waals surface area contributed by atoms with Crippen molar-refractivity contribution in [1.82, 2.24) is 0 Å². The Hall–Kier alpha value is -3.93. The molecule has 0 aromatic heterocycles. The van der Waals surface area contributed by atoms with E-state index in [1.165, 1.54) is 4.90 Å².